The van der Waals surface area contributed by atoms with E-state index in [0.29, 0.717) is 38.4 Å². The maximum absolute atomic E-state index is 11.8. The van der Waals surface area contributed by atoms with Crippen molar-refractivity contribution in [1.82, 2.24) is 5.32 Å². The van der Waals surface area contributed by atoms with Crippen LogP contribution in [0.15, 0.2) is 29.0 Å². The SMILES string of the molecule is C=C(C)C=NC1CC=C(COCC2CCC2)OC1C1C(N)CC(N)C(CC2OCC(C)(C)C(NC)C2O)C1O. The lowest BCUT2D eigenvalue weighted by Gasteiger charge is -2.50. The van der Waals surface area contributed by atoms with Crippen LogP contribution in [0.2, 0.25) is 0 Å². The Morgan fingerprint density at radius 3 is 2.64 bits per heavy atom. The fourth-order valence-electron chi connectivity index (χ4n) is 6.88. The number of aliphatic hydroxyl groups is 2. The van der Waals surface area contributed by atoms with Gasteiger partial charge in [0.15, 0.2) is 0 Å². The highest BCUT2D eigenvalue weighted by Gasteiger charge is 2.51. The number of hydrogen-bond donors (Lipinski definition) is 5. The summed E-state index contributed by atoms with van der Waals surface area (Å²) in [5, 5.41) is 26.3. The van der Waals surface area contributed by atoms with Gasteiger partial charge in [0.05, 0.1) is 31.0 Å². The molecule has 0 radical (unpaired) electrons. The Bertz CT molecular complexity index is 891. The molecule has 0 aromatic rings. The summed E-state index contributed by atoms with van der Waals surface area (Å²) in [6.45, 7) is 11.7. The van der Waals surface area contributed by atoms with Gasteiger partial charge in [-0.2, -0.15) is 0 Å². The number of likely N-dealkylation sites (N-methyl/N-ethyl adjacent to an activating group) is 1. The van der Waals surface area contributed by atoms with Crippen LogP contribution in [-0.4, -0.2) is 91.9 Å². The molecule has 9 heteroatoms. The van der Waals surface area contributed by atoms with E-state index in [9.17, 15) is 10.2 Å². The van der Waals surface area contributed by atoms with Crippen LogP contribution < -0.4 is 16.8 Å². The van der Waals surface area contributed by atoms with Crippen molar-refractivity contribution in [2.45, 2.75) is 108 Å². The zero-order valence-electron chi connectivity index (χ0n) is 24.3. The van der Waals surface area contributed by atoms with Crippen LogP contribution in [-0.2, 0) is 14.2 Å². The van der Waals surface area contributed by atoms with Gasteiger partial charge in [-0.15, -0.1) is 0 Å². The predicted octanol–water partition coefficient (Wildman–Crippen LogP) is 1.91. The van der Waals surface area contributed by atoms with Crippen molar-refractivity contribution in [3.63, 3.8) is 0 Å². The monoisotopic (exact) mass is 548 g/mol. The summed E-state index contributed by atoms with van der Waals surface area (Å²) in [4.78, 5) is 4.78. The van der Waals surface area contributed by atoms with Crippen LogP contribution in [0.1, 0.15) is 59.3 Å². The van der Waals surface area contributed by atoms with E-state index in [-0.39, 0.29) is 41.4 Å². The average Bonchev–Trinajstić information content (AvgIpc) is 2.83. The van der Waals surface area contributed by atoms with E-state index in [2.05, 4.69) is 25.7 Å². The lowest BCUT2D eigenvalue weighted by molar-refractivity contribution is -0.161. The zero-order chi connectivity index (χ0) is 28.3. The quantitative estimate of drug-likeness (QED) is 0.260. The second-order valence-electron chi connectivity index (χ2n) is 13.1. The standard InChI is InChI=1S/C30H52N4O5/c1-17(2)13-34-23-10-9-19(15-37-14-18-7-6-8-18)39-28(23)25-22(32)12-21(31)20(26(25)35)11-24-27(36)29(33-5)30(3,4)16-38-24/h9,13,18,20-29,33,35-36H,1,6-8,10-12,14-16,31-32H2,2-5H3. The van der Waals surface area contributed by atoms with E-state index in [1.807, 2.05) is 20.0 Å². The molecular weight excluding hydrogens is 496 g/mol. The smallest absolute Gasteiger partial charge is 0.128 e. The van der Waals surface area contributed by atoms with Crippen LogP contribution in [0, 0.1) is 23.2 Å². The Balaban J connectivity index is 1.49. The number of allylic oxidation sites excluding steroid dienone is 1. The number of ether oxygens (including phenoxy) is 3. The van der Waals surface area contributed by atoms with E-state index >= 15 is 0 Å². The van der Waals surface area contributed by atoms with Gasteiger partial charge in [-0.25, -0.2) is 0 Å². The Labute approximate surface area is 234 Å². The Morgan fingerprint density at radius 2 is 2.00 bits per heavy atom. The van der Waals surface area contributed by atoms with Gasteiger partial charge in [-0.1, -0.05) is 26.8 Å². The summed E-state index contributed by atoms with van der Waals surface area (Å²) in [6, 6.07) is -0.993. The number of nitrogens with two attached hydrogens (primary N) is 2. The van der Waals surface area contributed by atoms with Crippen LogP contribution in [0.4, 0.5) is 0 Å². The normalized spacial score (nSPS) is 41.1. The Hall–Kier alpha value is -1.33. The maximum Gasteiger partial charge on any atom is 0.128 e. The first kappa shape index (κ1) is 30.6. The molecule has 2 saturated carbocycles. The fraction of sp³-hybridized carbons (Fsp3) is 0.833. The van der Waals surface area contributed by atoms with Crippen molar-refractivity contribution in [2.24, 2.45) is 39.6 Å². The highest BCUT2D eigenvalue weighted by Crippen LogP contribution is 2.41. The third kappa shape index (κ3) is 7.12. The topological polar surface area (TPSA) is 145 Å². The zero-order valence-corrected chi connectivity index (χ0v) is 24.3. The van der Waals surface area contributed by atoms with Crippen molar-refractivity contribution in [3.05, 3.63) is 24.0 Å². The molecule has 7 N–H and O–H groups in total. The first-order chi connectivity index (χ1) is 18.5. The molecule has 0 spiro atoms. The van der Waals surface area contributed by atoms with Gasteiger partial charge < -0.3 is 41.2 Å². The molecule has 10 unspecified atom stereocenters. The minimum absolute atomic E-state index is 0.124. The molecule has 3 fully saturated rings. The molecule has 4 rings (SSSR count). The molecule has 0 amide bonds. The molecule has 9 nitrogen and oxygen atoms in total. The van der Waals surface area contributed by atoms with Crippen LogP contribution in [0.25, 0.3) is 0 Å². The van der Waals surface area contributed by atoms with Crippen LogP contribution in [0.5, 0.6) is 0 Å². The Morgan fingerprint density at radius 1 is 1.26 bits per heavy atom. The van der Waals surface area contributed by atoms with E-state index in [1.54, 1.807) is 6.21 Å². The summed E-state index contributed by atoms with van der Waals surface area (Å²) < 4.78 is 18.6. The van der Waals surface area contributed by atoms with E-state index < -0.39 is 24.4 Å². The molecule has 2 heterocycles. The summed E-state index contributed by atoms with van der Waals surface area (Å²) in [6.07, 6.45) is 6.83. The number of aliphatic imine (C=N–C) groups is 1. The van der Waals surface area contributed by atoms with E-state index in [1.165, 1.54) is 19.3 Å². The number of nitrogens with one attached hydrogen (secondary N) is 1. The molecule has 1 saturated heterocycles. The lowest BCUT2D eigenvalue weighted by Crippen LogP contribution is -2.64. The molecule has 10 atom stereocenters. The molecule has 2 aliphatic carbocycles. The molecule has 0 bridgehead atoms. The number of nitrogens with zero attached hydrogens (tertiary/aromatic N) is 1. The molecule has 4 aliphatic rings. The highest BCUT2D eigenvalue weighted by molar-refractivity contribution is 5.76. The van der Waals surface area contributed by atoms with Crippen molar-refractivity contribution in [1.29, 1.82) is 0 Å². The predicted molar refractivity (Wildman–Crippen MR) is 153 cm³/mol. The van der Waals surface area contributed by atoms with Crippen molar-refractivity contribution in [2.75, 3.05) is 26.9 Å². The molecule has 0 aromatic carbocycles. The van der Waals surface area contributed by atoms with E-state index in [0.717, 1.165) is 17.9 Å². The third-order valence-electron chi connectivity index (χ3n) is 9.41. The van der Waals surface area contributed by atoms with Crippen molar-refractivity contribution >= 4 is 6.21 Å². The second-order valence-corrected chi connectivity index (χ2v) is 13.1. The maximum atomic E-state index is 11.8. The minimum atomic E-state index is -0.828. The van der Waals surface area contributed by atoms with Gasteiger partial charge in [0, 0.05) is 48.2 Å². The molecule has 2 aliphatic heterocycles. The van der Waals surface area contributed by atoms with Gasteiger partial charge in [-0.05, 0) is 63.6 Å². The second kappa shape index (κ2) is 13.1. The van der Waals surface area contributed by atoms with Gasteiger partial charge in [-0.3, -0.25) is 4.99 Å². The van der Waals surface area contributed by atoms with Gasteiger partial charge >= 0.3 is 0 Å². The van der Waals surface area contributed by atoms with Crippen LogP contribution >= 0.6 is 0 Å². The molecule has 222 valence electrons. The molecule has 39 heavy (non-hydrogen) atoms. The van der Waals surface area contributed by atoms with E-state index in [4.69, 9.17) is 30.7 Å². The summed E-state index contributed by atoms with van der Waals surface area (Å²) in [5.74, 6) is 0.748. The third-order valence-corrected chi connectivity index (χ3v) is 9.41. The number of aliphatic hydroxyl groups excluding tert-OH is 2. The summed E-state index contributed by atoms with van der Waals surface area (Å²) in [7, 11) is 1.86. The summed E-state index contributed by atoms with van der Waals surface area (Å²) >= 11 is 0. The van der Waals surface area contributed by atoms with Crippen molar-refractivity contribution < 1.29 is 24.4 Å². The highest BCUT2D eigenvalue weighted by atomic mass is 16.5. The van der Waals surface area contributed by atoms with Crippen molar-refractivity contribution in [3.8, 4) is 0 Å². The fourth-order valence-corrected chi connectivity index (χ4v) is 6.88. The first-order valence-electron chi connectivity index (χ1n) is 14.8. The van der Waals surface area contributed by atoms with Gasteiger partial charge in [0.1, 0.15) is 18.5 Å². The van der Waals surface area contributed by atoms with Gasteiger partial charge in [0.2, 0.25) is 0 Å². The average molecular weight is 549 g/mol. The summed E-state index contributed by atoms with van der Waals surface area (Å²) in [5.41, 5.74) is 13.9. The largest absolute Gasteiger partial charge is 0.490 e. The van der Waals surface area contributed by atoms with Crippen LogP contribution in [0.3, 0.4) is 0 Å². The number of hydrogen-bond acceptors (Lipinski definition) is 9. The molecular formula is C30H52N4O5. The van der Waals surface area contributed by atoms with Gasteiger partial charge in [0.25, 0.3) is 0 Å². The molecule has 0 aromatic heterocycles. The first-order valence-corrected chi connectivity index (χ1v) is 14.8. The Kier molecular flexibility index (Phi) is 10.3. The number of rotatable bonds is 10. The lowest BCUT2D eigenvalue weighted by atomic mass is 9.66. The minimum Gasteiger partial charge on any atom is -0.490 e.